The van der Waals surface area contributed by atoms with Crippen molar-refractivity contribution in [1.29, 1.82) is 0 Å². The van der Waals surface area contributed by atoms with E-state index in [2.05, 4.69) is 39.1 Å². The van der Waals surface area contributed by atoms with Crippen molar-refractivity contribution in [3.63, 3.8) is 0 Å². The fraction of sp³-hybridized carbons (Fsp3) is 0.263. The van der Waals surface area contributed by atoms with E-state index < -0.39 is 0 Å². The van der Waals surface area contributed by atoms with Crippen molar-refractivity contribution in [2.24, 2.45) is 5.73 Å². The lowest BCUT2D eigenvalue weighted by atomic mass is 10.0. The van der Waals surface area contributed by atoms with Gasteiger partial charge in [-0.15, -0.1) is 0 Å². The predicted octanol–water partition coefficient (Wildman–Crippen LogP) is 5.54. The van der Waals surface area contributed by atoms with Crippen molar-refractivity contribution in [3.8, 4) is 17.0 Å². The number of aryl methyl sites for hydroxylation is 1. The van der Waals surface area contributed by atoms with Gasteiger partial charge < -0.3 is 15.5 Å². The van der Waals surface area contributed by atoms with Crippen LogP contribution in [0.25, 0.3) is 22.2 Å². The average molecular weight is 408 g/mol. The number of benzene rings is 2. The number of hydrogen-bond donors (Lipinski definition) is 2. The monoisotopic (exact) mass is 406 g/mol. The zero-order valence-electron chi connectivity index (χ0n) is 13.5. The van der Waals surface area contributed by atoms with E-state index in [4.69, 9.17) is 22.1 Å². The summed E-state index contributed by atoms with van der Waals surface area (Å²) >= 11 is 9.99. The number of halogens is 2. The standard InChI is InChI=1S/C19H20BrClN2O/c1-24-14-7-5-12(6-8-14)18-15(4-2-3-9-22)16-10-13(20)11-17(21)19(16)23-18/h5-8,10-11,23H,2-4,9,22H2,1H3. The van der Waals surface area contributed by atoms with Gasteiger partial charge in [-0.05, 0) is 73.3 Å². The Hall–Kier alpha value is -1.49. The van der Waals surface area contributed by atoms with Crippen molar-refractivity contribution in [2.75, 3.05) is 13.7 Å². The highest BCUT2D eigenvalue weighted by atomic mass is 79.9. The maximum Gasteiger partial charge on any atom is 0.118 e. The lowest BCUT2D eigenvalue weighted by molar-refractivity contribution is 0.415. The van der Waals surface area contributed by atoms with Crippen LogP contribution in [0.5, 0.6) is 5.75 Å². The molecule has 126 valence electrons. The van der Waals surface area contributed by atoms with Crippen molar-refractivity contribution < 1.29 is 4.74 Å². The zero-order chi connectivity index (χ0) is 17.1. The third-order valence-corrected chi connectivity index (χ3v) is 4.95. The Bertz CT molecular complexity index is 843. The molecule has 0 aliphatic rings. The van der Waals surface area contributed by atoms with Crippen LogP contribution in [-0.4, -0.2) is 18.6 Å². The summed E-state index contributed by atoms with van der Waals surface area (Å²) in [6.45, 7) is 0.713. The van der Waals surface area contributed by atoms with Gasteiger partial charge in [-0.25, -0.2) is 0 Å². The first-order valence-electron chi connectivity index (χ1n) is 7.98. The Morgan fingerprint density at radius 3 is 2.58 bits per heavy atom. The molecule has 0 fully saturated rings. The molecule has 0 bridgehead atoms. The van der Waals surface area contributed by atoms with Gasteiger partial charge in [0.05, 0.1) is 17.6 Å². The largest absolute Gasteiger partial charge is 0.497 e. The van der Waals surface area contributed by atoms with Crippen LogP contribution >= 0.6 is 27.5 Å². The van der Waals surface area contributed by atoms with Crippen LogP contribution in [-0.2, 0) is 6.42 Å². The number of methoxy groups -OCH3 is 1. The quantitative estimate of drug-likeness (QED) is 0.527. The van der Waals surface area contributed by atoms with E-state index in [1.165, 1.54) is 5.56 Å². The van der Waals surface area contributed by atoms with E-state index in [1.54, 1.807) is 7.11 Å². The van der Waals surface area contributed by atoms with Crippen molar-refractivity contribution >= 4 is 38.4 Å². The van der Waals surface area contributed by atoms with Crippen LogP contribution in [0, 0.1) is 0 Å². The molecule has 2 aromatic carbocycles. The highest BCUT2D eigenvalue weighted by molar-refractivity contribution is 9.10. The van der Waals surface area contributed by atoms with Crippen molar-refractivity contribution in [1.82, 2.24) is 4.98 Å². The number of aromatic nitrogens is 1. The van der Waals surface area contributed by atoms with Gasteiger partial charge in [0, 0.05) is 15.6 Å². The number of fused-ring (bicyclic) bond motifs is 1. The summed E-state index contributed by atoms with van der Waals surface area (Å²) in [4.78, 5) is 3.52. The molecule has 3 nitrogen and oxygen atoms in total. The molecule has 5 heteroatoms. The van der Waals surface area contributed by atoms with Crippen LogP contribution < -0.4 is 10.5 Å². The summed E-state index contributed by atoms with van der Waals surface area (Å²) in [7, 11) is 1.67. The molecule has 3 N–H and O–H groups in total. The molecule has 0 atom stereocenters. The average Bonchev–Trinajstić information content (AvgIpc) is 2.94. The smallest absolute Gasteiger partial charge is 0.118 e. The van der Waals surface area contributed by atoms with Gasteiger partial charge in [0.2, 0.25) is 0 Å². The second-order valence-electron chi connectivity index (χ2n) is 5.76. The van der Waals surface area contributed by atoms with E-state index in [1.807, 2.05) is 18.2 Å². The van der Waals surface area contributed by atoms with Crippen LogP contribution in [0.1, 0.15) is 18.4 Å². The Kier molecular flexibility index (Phi) is 5.49. The molecular formula is C19H20BrClN2O. The minimum Gasteiger partial charge on any atom is -0.497 e. The Morgan fingerprint density at radius 2 is 1.92 bits per heavy atom. The van der Waals surface area contributed by atoms with Crippen molar-refractivity contribution in [2.45, 2.75) is 19.3 Å². The van der Waals surface area contributed by atoms with Crippen LogP contribution in [0.4, 0.5) is 0 Å². The number of unbranched alkanes of at least 4 members (excludes halogenated alkanes) is 1. The van der Waals surface area contributed by atoms with Crippen molar-refractivity contribution in [3.05, 3.63) is 51.5 Å². The molecule has 0 unspecified atom stereocenters. The summed E-state index contributed by atoms with van der Waals surface area (Å²) < 4.78 is 6.24. The maximum atomic E-state index is 6.44. The summed E-state index contributed by atoms with van der Waals surface area (Å²) in [6.07, 6.45) is 3.03. The van der Waals surface area contributed by atoms with Gasteiger partial charge in [0.15, 0.2) is 0 Å². The molecule has 1 aromatic heterocycles. The lowest BCUT2D eigenvalue weighted by Gasteiger charge is -2.06. The fourth-order valence-electron chi connectivity index (χ4n) is 2.98. The highest BCUT2D eigenvalue weighted by Crippen LogP contribution is 2.37. The maximum absolute atomic E-state index is 6.44. The van der Waals surface area contributed by atoms with E-state index in [0.717, 1.165) is 56.7 Å². The molecule has 24 heavy (non-hydrogen) atoms. The highest BCUT2D eigenvalue weighted by Gasteiger charge is 2.15. The minimum absolute atomic E-state index is 0.713. The van der Waals surface area contributed by atoms with Gasteiger partial charge in [-0.3, -0.25) is 0 Å². The number of H-pyrrole nitrogens is 1. The molecule has 0 saturated heterocycles. The molecule has 3 rings (SSSR count). The third-order valence-electron chi connectivity index (χ3n) is 4.19. The molecule has 1 heterocycles. The molecule has 0 amide bonds. The van der Waals surface area contributed by atoms with Gasteiger partial charge in [-0.1, -0.05) is 27.5 Å². The number of nitrogens with one attached hydrogen (secondary N) is 1. The second-order valence-corrected chi connectivity index (χ2v) is 7.09. The van der Waals surface area contributed by atoms with Gasteiger partial charge in [0.1, 0.15) is 5.75 Å². The molecule has 0 saturated carbocycles. The summed E-state index contributed by atoms with van der Waals surface area (Å²) in [5, 5.41) is 1.89. The number of hydrogen-bond acceptors (Lipinski definition) is 2. The first-order chi connectivity index (χ1) is 11.6. The predicted molar refractivity (Wildman–Crippen MR) is 105 cm³/mol. The summed E-state index contributed by atoms with van der Waals surface area (Å²) in [5.74, 6) is 0.848. The third kappa shape index (κ3) is 3.46. The number of aromatic amines is 1. The SMILES string of the molecule is COc1ccc(-c2[nH]c3c(Cl)cc(Br)cc3c2CCCCN)cc1. The van der Waals surface area contributed by atoms with Crippen LogP contribution in [0.2, 0.25) is 5.02 Å². The van der Waals surface area contributed by atoms with Crippen LogP contribution in [0.15, 0.2) is 40.9 Å². The van der Waals surface area contributed by atoms with Gasteiger partial charge >= 0.3 is 0 Å². The summed E-state index contributed by atoms with van der Waals surface area (Å²) in [5.41, 5.74) is 10.2. The first kappa shape index (κ1) is 17.3. The number of nitrogens with two attached hydrogens (primary N) is 1. The molecule has 0 aliphatic carbocycles. The van der Waals surface area contributed by atoms with Crippen LogP contribution in [0.3, 0.4) is 0 Å². The Labute approximate surface area is 155 Å². The van der Waals surface area contributed by atoms with Gasteiger partial charge in [-0.2, -0.15) is 0 Å². The minimum atomic E-state index is 0.713. The zero-order valence-corrected chi connectivity index (χ0v) is 15.9. The lowest BCUT2D eigenvalue weighted by Crippen LogP contribution is -1.99. The first-order valence-corrected chi connectivity index (χ1v) is 9.15. The molecular weight excluding hydrogens is 388 g/mol. The number of ether oxygens (including phenoxy) is 1. The van der Waals surface area contributed by atoms with E-state index in [9.17, 15) is 0 Å². The fourth-order valence-corrected chi connectivity index (χ4v) is 3.84. The normalized spacial score (nSPS) is 11.2. The molecule has 3 aromatic rings. The number of rotatable bonds is 6. The Balaban J connectivity index is 2.13. The molecule has 0 spiro atoms. The van der Waals surface area contributed by atoms with E-state index in [-0.39, 0.29) is 0 Å². The molecule has 0 radical (unpaired) electrons. The van der Waals surface area contributed by atoms with E-state index in [0.29, 0.717) is 6.54 Å². The Morgan fingerprint density at radius 1 is 1.17 bits per heavy atom. The van der Waals surface area contributed by atoms with E-state index >= 15 is 0 Å². The molecule has 0 aliphatic heterocycles. The summed E-state index contributed by atoms with van der Waals surface area (Å²) in [6, 6.07) is 12.1. The topological polar surface area (TPSA) is 51.0 Å². The second kappa shape index (κ2) is 7.60. The van der Waals surface area contributed by atoms with Gasteiger partial charge in [0.25, 0.3) is 0 Å².